The molecule has 3 aromatic carbocycles. The summed E-state index contributed by atoms with van der Waals surface area (Å²) in [5.74, 6) is -0.237. The van der Waals surface area contributed by atoms with Gasteiger partial charge in [-0.1, -0.05) is 36.4 Å². The molecule has 1 unspecified atom stereocenters. The van der Waals surface area contributed by atoms with E-state index in [2.05, 4.69) is 10.7 Å². The van der Waals surface area contributed by atoms with Gasteiger partial charge in [0.25, 0.3) is 11.8 Å². The zero-order chi connectivity index (χ0) is 22.7. The minimum absolute atomic E-state index is 0.289. The first kappa shape index (κ1) is 21.2. The summed E-state index contributed by atoms with van der Waals surface area (Å²) >= 11 is 0. The van der Waals surface area contributed by atoms with Crippen LogP contribution in [0.2, 0.25) is 0 Å². The van der Waals surface area contributed by atoms with Gasteiger partial charge in [-0.25, -0.2) is 5.01 Å². The number of anilines is 2. The largest absolute Gasteiger partial charge is 0.493 e. The molecule has 1 aliphatic heterocycles. The molecule has 32 heavy (non-hydrogen) atoms. The Bertz CT molecular complexity index is 1130. The van der Waals surface area contributed by atoms with Crippen LogP contribution in [0, 0.1) is 0 Å². The van der Waals surface area contributed by atoms with Crippen LogP contribution in [-0.4, -0.2) is 37.5 Å². The standard InChI is InChI=1S/C25H26N4O3/c1-4-32-22-12-8-6-10-20(22)24(30)27-29-23(17-13-15-18(16-14-17)28(2)3)26-21-11-7-5-9-19(21)25(29)31/h5-16,23,26H,4H2,1-3H3,(H,27,30). The predicted octanol–water partition coefficient (Wildman–Crippen LogP) is 4.06. The fraction of sp³-hybridized carbons (Fsp3) is 0.200. The minimum Gasteiger partial charge on any atom is -0.493 e. The van der Waals surface area contributed by atoms with Gasteiger partial charge >= 0.3 is 0 Å². The van der Waals surface area contributed by atoms with E-state index in [0.29, 0.717) is 23.5 Å². The highest BCUT2D eigenvalue weighted by atomic mass is 16.5. The van der Waals surface area contributed by atoms with Gasteiger partial charge in [-0.05, 0) is 48.9 Å². The molecule has 0 spiro atoms. The first-order chi connectivity index (χ1) is 15.5. The van der Waals surface area contributed by atoms with Gasteiger partial charge in [0.05, 0.1) is 17.7 Å². The maximum absolute atomic E-state index is 13.4. The van der Waals surface area contributed by atoms with E-state index in [1.54, 1.807) is 36.4 Å². The first-order valence-corrected chi connectivity index (χ1v) is 10.5. The maximum atomic E-state index is 13.4. The summed E-state index contributed by atoms with van der Waals surface area (Å²) in [6, 6.07) is 22.1. The number of rotatable bonds is 6. The second-order valence-corrected chi connectivity index (χ2v) is 7.62. The van der Waals surface area contributed by atoms with Crippen LogP contribution in [0.4, 0.5) is 11.4 Å². The average molecular weight is 431 g/mol. The van der Waals surface area contributed by atoms with Crippen molar-refractivity contribution in [2.75, 3.05) is 30.9 Å². The monoisotopic (exact) mass is 430 g/mol. The quantitative estimate of drug-likeness (QED) is 0.617. The highest BCUT2D eigenvalue weighted by Gasteiger charge is 2.34. The van der Waals surface area contributed by atoms with E-state index in [1.165, 1.54) is 5.01 Å². The average Bonchev–Trinajstić information content (AvgIpc) is 2.81. The van der Waals surface area contributed by atoms with Crippen LogP contribution in [0.1, 0.15) is 39.4 Å². The Morgan fingerprint density at radius 3 is 2.44 bits per heavy atom. The molecule has 0 fully saturated rings. The van der Waals surface area contributed by atoms with Crippen molar-refractivity contribution < 1.29 is 14.3 Å². The van der Waals surface area contributed by atoms with Gasteiger partial charge in [-0.3, -0.25) is 15.0 Å². The van der Waals surface area contributed by atoms with Crippen LogP contribution in [0.5, 0.6) is 5.75 Å². The van der Waals surface area contributed by atoms with Crippen molar-refractivity contribution in [1.82, 2.24) is 10.4 Å². The number of hydrogen-bond donors (Lipinski definition) is 2. The summed E-state index contributed by atoms with van der Waals surface area (Å²) in [5, 5.41) is 4.73. The molecule has 7 heteroatoms. The molecule has 0 saturated heterocycles. The number of benzene rings is 3. The Hall–Kier alpha value is -4.00. The van der Waals surface area contributed by atoms with Crippen LogP contribution in [0.15, 0.2) is 72.8 Å². The molecule has 3 aromatic rings. The van der Waals surface area contributed by atoms with Crippen molar-refractivity contribution in [2.45, 2.75) is 13.1 Å². The number of nitrogens with zero attached hydrogens (tertiary/aromatic N) is 2. The van der Waals surface area contributed by atoms with Crippen LogP contribution >= 0.6 is 0 Å². The molecule has 0 saturated carbocycles. The smallest absolute Gasteiger partial charge is 0.276 e. The Balaban J connectivity index is 1.70. The van der Waals surface area contributed by atoms with Gasteiger partial charge in [0.1, 0.15) is 11.9 Å². The van der Waals surface area contributed by atoms with Gasteiger partial charge in [0.2, 0.25) is 0 Å². The molecule has 1 atom stereocenters. The number of carbonyl (C=O) groups is 2. The summed E-state index contributed by atoms with van der Waals surface area (Å²) in [4.78, 5) is 28.6. The lowest BCUT2D eigenvalue weighted by atomic mass is 10.0. The second-order valence-electron chi connectivity index (χ2n) is 7.62. The summed E-state index contributed by atoms with van der Waals surface area (Å²) < 4.78 is 5.59. The van der Waals surface area contributed by atoms with E-state index in [9.17, 15) is 9.59 Å². The van der Waals surface area contributed by atoms with E-state index in [4.69, 9.17) is 4.74 Å². The van der Waals surface area contributed by atoms with Crippen molar-refractivity contribution in [3.8, 4) is 5.75 Å². The molecule has 1 heterocycles. The van der Waals surface area contributed by atoms with E-state index < -0.39 is 12.1 Å². The number of nitrogens with one attached hydrogen (secondary N) is 2. The van der Waals surface area contributed by atoms with E-state index >= 15 is 0 Å². The van der Waals surface area contributed by atoms with Gasteiger partial charge in [0.15, 0.2) is 0 Å². The molecular weight excluding hydrogens is 404 g/mol. The highest BCUT2D eigenvalue weighted by molar-refractivity contribution is 6.04. The number of carbonyl (C=O) groups excluding carboxylic acids is 2. The van der Waals surface area contributed by atoms with E-state index in [1.807, 2.05) is 62.3 Å². The Kier molecular flexibility index (Phi) is 5.98. The zero-order valence-electron chi connectivity index (χ0n) is 18.3. The topological polar surface area (TPSA) is 73.9 Å². The summed E-state index contributed by atoms with van der Waals surface area (Å²) in [6.07, 6.45) is -0.572. The van der Waals surface area contributed by atoms with E-state index in [-0.39, 0.29) is 5.91 Å². The molecule has 2 N–H and O–H groups in total. The molecule has 4 rings (SSSR count). The molecular formula is C25H26N4O3. The van der Waals surface area contributed by atoms with Gasteiger partial charge < -0.3 is 15.0 Å². The van der Waals surface area contributed by atoms with Crippen molar-refractivity contribution >= 4 is 23.2 Å². The van der Waals surface area contributed by atoms with Crippen LogP contribution < -0.4 is 20.4 Å². The molecule has 7 nitrogen and oxygen atoms in total. The Morgan fingerprint density at radius 1 is 1.03 bits per heavy atom. The van der Waals surface area contributed by atoms with Crippen LogP contribution in [-0.2, 0) is 0 Å². The third-order valence-electron chi connectivity index (χ3n) is 5.31. The third-order valence-corrected chi connectivity index (χ3v) is 5.31. The van der Waals surface area contributed by atoms with Crippen molar-refractivity contribution in [1.29, 1.82) is 0 Å². The summed E-state index contributed by atoms with van der Waals surface area (Å²) in [5.41, 5.74) is 6.26. The molecule has 2 amide bonds. The van der Waals surface area contributed by atoms with E-state index in [0.717, 1.165) is 16.9 Å². The predicted molar refractivity (Wildman–Crippen MR) is 125 cm³/mol. The molecule has 0 radical (unpaired) electrons. The van der Waals surface area contributed by atoms with Crippen molar-refractivity contribution in [2.24, 2.45) is 0 Å². The van der Waals surface area contributed by atoms with Crippen LogP contribution in [0.25, 0.3) is 0 Å². The summed E-state index contributed by atoms with van der Waals surface area (Å²) in [7, 11) is 3.94. The number of amides is 2. The fourth-order valence-corrected chi connectivity index (χ4v) is 3.66. The minimum atomic E-state index is -0.572. The zero-order valence-corrected chi connectivity index (χ0v) is 18.3. The Morgan fingerprint density at radius 2 is 1.72 bits per heavy atom. The first-order valence-electron chi connectivity index (χ1n) is 10.5. The highest BCUT2D eigenvalue weighted by Crippen LogP contribution is 2.33. The molecule has 0 aliphatic carbocycles. The SMILES string of the molecule is CCOc1ccccc1C(=O)NN1C(=O)c2ccccc2NC1c1ccc(N(C)C)cc1. The number of fused-ring (bicyclic) bond motifs is 1. The van der Waals surface area contributed by atoms with Crippen molar-refractivity contribution in [3.05, 3.63) is 89.5 Å². The molecule has 0 aromatic heterocycles. The normalized spacial score (nSPS) is 14.9. The number of hydrazine groups is 1. The number of ether oxygens (including phenoxy) is 1. The Labute approximate surface area is 187 Å². The fourth-order valence-electron chi connectivity index (χ4n) is 3.66. The van der Waals surface area contributed by atoms with Gasteiger partial charge in [0, 0.05) is 25.5 Å². The maximum Gasteiger partial charge on any atom is 0.276 e. The lowest BCUT2D eigenvalue weighted by molar-refractivity contribution is 0.0489. The molecule has 1 aliphatic rings. The van der Waals surface area contributed by atoms with Gasteiger partial charge in [-0.15, -0.1) is 0 Å². The lowest BCUT2D eigenvalue weighted by Crippen LogP contribution is -2.52. The second kappa shape index (κ2) is 9.01. The molecule has 164 valence electrons. The molecule has 0 bridgehead atoms. The van der Waals surface area contributed by atoms with Crippen molar-refractivity contribution in [3.63, 3.8) is 0 Å². The van der Waals surface area contributed by atoms with Gasteiger partial charge in [-0.2, -0.15) is 0 Å². The lowest BCUT2D eigenvalue weighted by Gasteiger charge is -2.38. The van der Waals surface area contributed by atoms with Crippen LogP contribution in [0.3, 0.4) is 0 Å². The third kappa shape index (κ3) is 4.09. The number of para-hydroxylation sites is 2. The number of hydrogen-bond acceptors (Lipinski definition) is 5. The summed E-state index contributed by atoms with van der Waals surface area (Å²) in [6.45, 7) is 2.29.